The van der Waals surface area contributed by atoms with Crippen molar-refractivity contribution < 1.29 is 0 Å². The molecule has 108 valence electrons. The average Bonchev–Trinajstić information content (AvgIpc) is 3.08. The zero-order valence-electron chi connectivity index (χ0n) is 10.8. The molecule has 3 aromatic rings. The van der Waals surface area contributed by atoms with Crippen LogP contribution in [0.4, 0.5) is 0 Å². The van der Waals surface area contributed by atoms with Crippen molar-refractivity contribution in [3.05, 3.63) is 60.2 Å². The quantitative estimate of drug-likeness (QED) is 0.713. The van der Waals surface area contributed by atoms with Crippen molar-refractivity contribution in [3.63, 3.8) is 0 Å². The van der Waals surface area contributed by atoms with Gasteiger partial charge in [-0.1, -0.05) is 11.6 Å². The number of hydrogen-bond donors (Lipinski definition) is 2. The van der Waals surface area contributed by atoms with Crippen LogP contribution >= 0.6 is 38.9 Å². The number of halogens is 2. The molecule has 0 aliphatic carbocycles. The van der Waals surface area contributed by atoms with E-state index in [0.29, 0.717) is 4.47 Å². The van der Waals surface area contributed by atoms with Gasteiger partial charge in [0.05, 0.1) is 14.5 Å². The van der Waals surface area contributed by atoms with Gasteiger partial charge in [0.25, 0.3) is 5.56 Å². The Morgan fingerprint density at radius 1 is 1.29 bits per heavy atom. The van der Waals surface area contributed by atoms with Gasteiger partial charge < -0.3 is 4.98 Å². The van der Waals surface area contributed by atoms with Gasteiger partial charge in [0.15, 0.2) is 0 Å². The zero-order chi connectivity index (χ0) is 14.8. The van der Waals surface area contributed by atoms with Crippen LogP contribution in [0.5, 0.6) is 0 Å². The highest BCUT2D eigenvalue weighted by atomic mass is 79.9. The number of hydrogen-bond acceptors (Lipinski definition) is 3. The third kappa shape index (κ3) is 3.45. The molecule has 0 unspecified atom stereocenters. The summed E-state index contributed by atoms with van der Waals surface area (Å²) >= 11 is 10.7. The topological polar surface area (TPSA) is 61.5 Å². The summed E-state index contributed by atoms with van der Waals surface area (Å²) in [4.78, 5) is 15.2. The maximum absolute atomic E-state index is 11.3. The molecule has 0 amide bonds. The molecule has 0 aliphatic heterocycles. The molecule has 0 bridgehead atoms. The Morgan fingerprint density at radius 2 is 2.14 bits per heavy atom. The van der Waals surface area contributed by atoms with E-state index in [1.54, 1.807) is 23.6 Å². The Labute approximate surface area is 138 Å². The van der Waals surface area contributed by atoms with Gasteiger partial charge in [-0.25, -0.2) is 0 Å². The fourth-order valence-corrected chi connectivity index (χ4v) is 3.43. The number of aryl methyl sites for hydroxylation is 2. The third-order valence-electron chi connectivity index (χ3n) is 3.05. The number of pyridine rings is 1. The molecule has 2 N–H and O–H groups in total. The molecule has 21 heavy (non-hydrogen) atoms. The summed E-state index contributed by atoms with van der Waals surface area (Å²) in [7, 11) is 0. The lowest BCUT2D eigenvalue weighted by atomic mass is 10.1. The van der Waals surface area contributed by atoms with Gasteiger partial charge in [-0.3, -0.25) is 9.89 Å². The molecule has 0 spiro atoms. The maximum Gasteiger partial charge on any atom is 0.262 e. The van der Waals surface area contributed by atoms with Crippen molar-refractivity contribution >= 4 is 38.9 Å². The number of H-pyrrole nitrogens is 2. The van der Waals surface area contributed by atoms with Gasteiger partial charge in [0, 0.05) is 22.3 Å². The van der Waals surface area contributed by atoms with Gasteiger partial charge in [0.2, 0.25) is 0 Å². The minimum Gasteiger partial charge on any atom is -0.327 e. The van der Waals surface area contributed by atoms with E-state index < -0.39 is 0 Å². The Kier molecular flexibility index (Phi) is 4.28. The standard InChI is InChI=1S/C14H11BrClN3OS/c15-11-5-8(7-17-14(11)20)12-6-9(18-19-12)1-2-10-3-4-13(16)21-10/h3-7H,1-2H2,(H,17,20)(H,18,19). The first-order valence-corrected chi connectivity index (χ1v) is 8.27. The highest BCUT2D eigenvalue weighted by Crippen LogP contribution is 2.23. The summed E-state index contributed by atoms with van der Waals surface area (Å²) in [5, 5.41) is 7.31. The first-order valence-electron chi connectivity index (χ1n) is 6.29. The van der Waals surface area contributed by atoms with Crippen molar-refractivity contribution in [1.82, 2.24) is 15.2 Å². The highest BCUT2D eigenvalue weighted by Gasteiger charge is 2.07. The predicted molar refractivity (Wildman–Crippen MR) is 89.1 cm³/mol. The molecule has 3 rings (SSSR count). The van der Waals surface area contributed by atoms with E-state index in [2.05, 4.69) is 31.1 Å². The Hall–Kier alpha value is -1.37. The monoisotopic (exact) mass is 383 g/mol. The molecule has 0 atom stereocenters. The van der Waals surface area contributed by atoms with Gasteiger partial charge in [0.1, 0.15) is 0 Å². The Morgan fingerprint density at radius 3 is 2.86 bits per heavy atom. The summed E-state index contributed by atoms with van der Waals surface area (Å²) in [5.74, 6) is 0. The average molecular weight is 385 g/mol. The largest absolute Gasteiger partial charge is 0.327 e. The summed E-state index contributed by atoms with van der Waals surface area (Å²) in [6.45, 7) is 0. The molecule has 0 saturated carbocycles. The smallest absolute Gasteiger partial charge is 0.262 e. The van der Waals surface area contributed by atoms with E-state index in [1.165, 1.54) is 4.88 Å². The summed E-state index contributed by atoms with van der Waals surface area (Å²) in [6.07, 6.45) is 3.45. The van der Waals surface area contributed by atoms with Crippen LogP contribution in [0, 0.1) is 0 Å². The number of aromatic amines is 2. The van der Waals surface area contributed by atoms with Crippen molar-refractivity contribution in [2.75, 3.05) is 0 Å². The molecule has 0 aromatic carbocycles. The number of rotatable bonds is 4. The molecular formula is C14H11BrClN3OS. The summed E-state index contributed by atoms with van der Waals surface area (Å²) in [6, 6.07) is 7.72. The molecule has 0 fully saturated rings. The molecule has 3 heterocycles. The first-order chi connectivity index (χ1) is 10.1. The van der Waals surface area contributed by atoms with Gasteiger partial charge in [-0.05, 0) is 53.0 Å². The zero-order valence-corrected chi connectivity index (χ0v) is 14.0. The predicted octanol–water partition coefficient (Wildman–Crippen LogP) is 4.03. The fourth-order valence-electron chi connectivity index (χ4n) is 1.99. The molecule has 0 aliphatic rings. The van der Waals surface area contributed by atoms with Crippen LogP contribution in [0.2, 0.25) is 4.34 Å². The van der Waals surface area contributed by atoms with Crippen molar-refractivity contribution in [2.45, 2.75) is 12.8 Å². The van der Waals surface area contributed by atoms with Gasteiger partial charge in [-0.15, -0.1) is 11.3 Å². The molecular weight excluding hydrogens is 374 g/mol. The first kappa shape index (κ1) is 14.6. The van der Waals surface area contributed by atoms with Crippen LogP contribution in [0.15, 0.2) is 39.7 Å². The lowest BCUT2D eigenvalue weighted by Crippen LogP contribution is -2.05. The summed E-state index contributed by atoms with van der Waals surface area (Å²) < 4.78 is 1.31. The second-order valence-corrected chi connectivity index (χ2v) is 7.20. The normalized spacial score (nSPS) is 11.0. The number of thiophene rings is 1. The molecule has 0 radical (unpaired) electrons. The van der Waals surface area contributed by atoms with Crippen molar-refractivity contribution in [1.29, 1.82) is 0 Å². The van der Waals surface area contributed by atoms with Crippen LogP contribution in [0.3, 0.4) is 0 Å². The lowest BCUT2D eigenvalue weighted by molar-refractivity contribution is 0.904. The second-order valence-electron chi connectivity index (χ2n) is 4.55. The van der Waals surface area contributed by atoms with Gasteiger partial charge in [-0.2, -0.15) is 5.10 Å². The number of aromatic nitrogens is 3. The fraction of sp³-hybridized carbons (Fsp3) is 0.143. The van der Waals surface area contributed by atoms with Crippen LogP contribution in [-0.2, 0) is 12.8 Å². The van der Waals surface area contributed by atoms with Crippen LogP contribution in [-0.4, -0.2) is 15.2 Å². The van der Waals surface area contributed by atoms with E-state index in [4.69, 9.17) is 11.6 Å². The maximum atomic E-state index is 11.3. The van der Waals surface area contributed by atoms with Crippen LogP contribution < -0.4 is 5.56 Å². The second kappa shape index (κ2) is 6.17. The van der Waals surface area contributed by atoms with E-state index in [1.807, 2.05) is 18.2 Å². The third-order valence-corrected chi connectivity index (χ3v) is 4.93. The minimum absolute atomic E-state index is 0.149. The highest BCUT2D eigenvalue weighted by molar-refractivity contribution is 9.10. The van der Waals surface area contributed by atoms with E-state index in [9.17, 15) is 4.79 Å². The van der Waals surface area contributed by atoms with Crippen LogP contribution in [0.25, 0.3) is 11.3 Å². The Balaban J connectivity index is 1.73. The SMILES string of the molecule is O=c1[nH]cc(-c2cc(CCc3ccc(Cl)s3)[nH]n2)cc1Br. The number of nitrogens with zero attached hydrogens (tertiary/aromatic N) is 1. The van der Waals surface area contributed by atoms with Crippen molar-refractivity contribution in [2.24, 2.45) is 0 Å². The molecule has 0 saturated heterocycles. The van der Waals surface area contributed by atoms with Gasteiger partial charge >= 0.3 is 0 Å². The van der Waals surface area contributed by atoms with Crippen molar-refractivity contribution in [3.8, 4) is 11.3 Å². The van der Waals surface area contributed by atoms with E-state index in [-0.39, 0.29) is 5.56 Å². The Bertz CT molecular complexity index is 823. The van der Waals surface area contributed by atoms with E-state index in [0.717, 1.165) is 34.1 Å². The molecule has 3 aromatic heterocycles. The van der Waals surface area contributed by atoms with E-state index >= 15 is 0 Å². The lowest BCUT2D eigenvalue weighted by Gasteiger charge is -1.96. The number of nitrogens with one attached hydrogen (secondary N) is 2. The van der Waals surface area contributed by atoms with Crippen LogP contribution in [0.1, 0.15) is 10.6 Å². The molecule has 7 heteroatoms. The molecule has 4 nitrogen and oxygen atoms in total. The summed E-state index contributed by atoms with van der Waals surface area (Å²) in [5.41, 5.74) is 2.58. The minimum atomic E-state index is -0.149.